The molecule has 3 heteroatoms. The third kappa shape index (κ3) is 3.05. The molecule has 0 aromatic heterocycles. The van der Waals surface area contributed by atoms with E-state index < -0.39 is 0 Å². The summed E-state index contributed by atoms with van der Waals surface area (Å²) in [6, 6.07) is 5.55. The number of carbonyl (C=O) groups excluding carboxylic acids is 1. The van der Waals surface area contributed by atoms with Gasteiger partial charge in [-0.3, -0.25) is 4.79 Å². The number of amides is 1. The van der Waals surface area contributed by atoms with Gasteiger partial charge >= 0.3 is 0 Å². The smallest absolute Gasteiger partial charge is 0.251 e. The van der Waals surface area contributed by atoms with Crippen LogP contribution in [0.1, 0.15) is 38.1 Å². The summed E-state index contributed by atoms with van der Waals surface area (Å²) in [4.78, 5) is 11.8. The molecule has 1 rings (SSSR count). The molecule has 16 heavy (non-hydrogen) atoms. The fourth-order valence-electron chi connectivity index (χ4n) is 1.11. The van der Waals surface area contributed by atoms with Gasteiger partial charge in [-0.1, -0.05) is 13.8 Å². The second-order valence-electron chi connectivity index (χ2n) is 4.84. The van der Waals surface area contributed by atoms with E-state index in [1.165, 1.54) is 24.3 Å². The molecule has 1 aromatic rings. The number of nitrogens with one attached hydrogen (secondary N) is 1. The van der Waals surface area contributed by atoms with E-state index in [1.54, 1.807) is 0 Å². The quantitative estimate of drug-likeness (QED) is 0.838. The first kappa shape index (κ1) is 12.7. The van der Waals surface area contributed by atoms with Crippen molar-refractivity contribution in [2.45, 2.75) is 33.2 Å². The Morgan fingerprint density at radius 1 is 1.25 bits per heavy atom. The van der Waals surface area contributed by atoms with Gasteiger partial charge in [0.1, 0.15) is 5.82 Å². The van der Waals surface area contributed by atoms with Crippen LogP contribution < -0.4 is 5.32 Å². The first-order chi connectivity index (χ1) is 7.33. The van der Waals surface area contributed by atoms with E-state index in [0.717, 1.165) is 0 Å². The van der Waals surface area contributed by atoms with Crippen molar-refractivity contribution < 1.29 is 9.18 Å². The zero-order chi connectivity index (χ0) is 12.3. The van der Waals surface area contributed by atoms with Gasteiger partial charge in [-0.25, -0.2) is 4.39 Å². The average Bonchev–Trinajstić information content (AvgIpc) is 2.17. The minimum Gasteiger partial charge on any atom is -0.347 e. The van der Waals surface area contributed by atoms with Crippen LogP contribution in [-0.4, -0.2) is 11.4 Å². The van der Waals surface area contributed by atoms with Crippen molar-refractivity contribution >= 4 is 5.91 Å². The minimum atomic E-state index is -0.334. The molecule has 1 amide bonds. The highest BCUT2D eigenvalue weighted by atomic mass is 19.1. The van der Waals surface area contributed by atoms with Crippen molar-refractivity contribution in [1.82, 2.24) is 5.32 Å². The summed E-state index contributed by atoms with van der Waals surface area (Å²) in [6.07, 6.45) is 0. The highest BCUT2D eigenvalue weighted by Crippen LogP contribution is 2.16. The first-order valence-corrected chi connectivity index (χ1v) is 5.41. The van der Waals surface area contributed by atoms with Crippen LogP contribution in [0.15, 0.2) is 24.3 Å². The lowest BCUT2D eigenvalue weighted by molar-refractivity contribution is 0.0890. The van der Waals surface area contributed by atoms with Crippen LogP contribution in [0, 0.1) is 11.7 Å². The maximum absolute atomic E-state index is 12.7. The van der Waals surface area contributed by atoms with E-state index in [4.69, 9.17) is 0 Å². The Morgan fingerprint density at radius 2 is 1.75 bits per heavy atom. The van der Waals surface area contributed by atoms with Gasteiger partial charge in [0.15, 0.2) is 0 Å². The van der Waals surface area contributed by atoms with Crippen molar-refractivity contribution in [3.63, 3.8) is 0 Å². The predicted octanol–water partition coefficient (Wildman–Crippen LogP) is 2.99. The van der Waals surface area contributed by atoms with E-state index in [-0.39, 0.29) is 17.3 Å². The van der Waals surface area contributed by atoms with Crippen LogP contribution in [0.4, 0.5) is 4.39 Å². The number of carbonyl (C=O) groups is 1. The predicted molar refractivity (Wildman–Crippen MR) is 62.8 cm³/mol. The molecule has 0 atom stereocenters. The zero-order valence-corrected chi connectivity index (χ0v) is 10.2. The van der Waals surface area contributed by atoms with Gasteiger partial charge in [-0.2, -0.15) is 0 Å². The molecule has 0 saturated heterocycles. The van der Waals surface area contributed by atoms with Gasteiger partial charge in [0.2, 0.25) is 0 Å². The standard InChI is InChI=1S/C13H18FNO/c1-9(2)13(3,4)15-12(16)10-5-7-11(14)8-6-10/h5-9H,1-4H3,(H,15,16). The summed E-state index contributed by atoms with van der Waals surface area (Å²) < 4.78 is 12.7. The van der Waals surface area contributed by atoms with Crippen molar-refractivity contribution in [2.75, 3.05) is 0 Å². The Bertz CT molecular complexity index is 368. The summed E-state index contributed by atoms with van der Waals surface area (Å²) in [5.41, 5.74) is 0.209. The number of benzene rings is 1. The summed E-state index contributed by atoms with van der Waals surface area (Å²) in [7, 11) is 0. The van der Waals surface area contributed by atoms with Gasteiger partial charge in [0.05, 0.1) is 0 Å². The van der Waals surface area contributed by atoms with Gasteiger partial charge in [-0.05, 0) is 44.0 Å². The molecule has 88 valence electrons. The Hall–Kier alpha value is -1.38. The van der Waals surface area contributed by atoms with E-state index >= 15 is 0 Å². The summed E-state index contributed by atoms with van der Waals surface area (Å²) in [5, 5.41) is 2.93. The van der Waals surface area contributed by atoms with E-state index in [1.807, 2.05) is 27.7 Å². The average molecular weight is 223 g/mol. The van der Waals surface area contributed by atoms with Crippen LogP contribution in [0.5, 0.6) is 0 Å². The molecule has 1 aromatic carbocycles. The molecular formula is C13H18FNO. The van der Waals surface area contributed by atoms with Gasteiger partial charge in [0, 0.05) is 11.1 Å². The monoisotopic (exact) mass is 223 g/mol. The lowest BCUT2D eigenvalue weighted by atomic mass is 9.90. The largest absolute Gasteiger partial charge is 0.347 e. The molecule has 2 nitrogen and oxygen atoms in total. The maximum Gasteiger partial charge on any atom is 0.251 e. The fourth-order valence-corrected chi connectivity index (χ4v) is 1.11. The highest BCUT2D eigenvalue weighted by Gasteiger charge is 2.24. The van der Waals surface area contributed by atoms with Gasteiger partial charge in [-0.15, -0.1) is 0 Å². The normalized spacial score (nSPS) is 11.6. The van der Waals surface area contributed by atoms with Crippen LogP contribution in [0.3, 0.4) is 0 Å². The Labute approximate surface area is 95.9 Å². The fraction of sp³-hybridized carbons (Fsp3) is 0.462. The van der Waals surface area contributed by atoms with Crippen molar-refractivity contribution in [2.24, 2.45) is 5.92 Å². The van der Waals surface area contributed by atoms with Gasteiger partial charge < -0.3 is 5.32 Å². The number of hydrogen-bond acceptors (Lipinski definition) is 1. The molecule has 0 unspecified atom stereocenters. The summed E-state index contributed by atoms with van der Waals surface area (Å²) in [5.74, 6) is -0.171. The molecule has 0 saturated carbocycles. The summed E-state index contributed by atoms with van der Waals surface area (Å²) in [6.45, 7) is 8.04. The molecule has 0 spiro atoms. The van der Waals surface area contributed by atoms with Crippen molar-refractivity contribution in [1.29, 1.82) is 0 Å². The van der Waals surface area contributed by atoms with Crippen LogP contribution in [0.25, 0.3) is 0 Å². The summed E-state index contributed by atoms with van der Waals surface area (Å²) >= 11 is 0. The molecular weight excluding hydrogens is 205 g/mol. The van der Waals surface area contributed by atoms with Crippen LogP contribution in [-0.2, 0) is 0 Å². The van der Waals surface area contributed by atoms with Crippen LogP contribution >= 0.6 is 0 Å². The molecule has 0 aliphatic carbocycles. The molecule has 0 radical (unpaired) electrons. The third-order valence-electron chi connectivity index (χ3n) is 2.99. The zero-order valence-electron chi connectivity index (χ0n) is 10.2. The number of rotatable bonds is 3. The molecule has 0 bridgehead atoms. The van der Waals surface area contributed by atoms with Crippen LogP contribution in [0.2, 0.25) is 0 Å². The minimum absolute atomic E-state index is 0.168. The number of halogens is 1. The third-order valence-corrected chi connectivity index (χ3v) is 2.99. The molecule has 1 N–H and O–H groups in total. The lowest BCUT2D eigenvalue weighted by Crippen LogP contribution is -2.47. The second kappa shape index (κ2) is 4.64. The molecule has 0 aliphatic rings. The van der Waals surface area contributed by atoms with Crippen molar-refractivity contribution in [3.8, 4) is 0 Å². The van der Waals surface area contributed by atoms with E-state index in [2.05, 4.69) is 5.32 Å². The molecule has 0 heterocycles. The first-order valence-electron chi connectivity index (χ1n) is 5.41. The number of hydrogen-bond donors (Lipinski definition) is 1. The second-order valence-corrected chi connectivity index (χ2v) is 4.84. The Morgan fingerprint density at radius 3 is 2.19 bits per heavy atom. The molecule has 0 fully saturated rings. The highest BCUT2D eigenvalue weighted by molar-refractivity contribution is 5.94. The lowest BCUT2D eigenvalue weighted by Gasteiger charge is -2.30. The van der Waals surface area contributed by atoms with E-state index in [9.17, 15) is 9.18 Å². The van der Waals surface area contributed by atoms with Gasteiger partial charge in [0.25, 0.3) is 5.91 Å². The maximum atomic E-state index is 12.7. The Kier molecular flexibility index (Phi) is 3.68. The SMILES string of the molecule is CC(C)C(C)(C)NC(=O)c1ccc(F)cc1. The van der Waals surface area contributed by atoms with E-state index in [0.29, 0.717) is 11.5 Å². The topological polar surface area (TPSA) is 29.1 Å². The Balaban J connectivity index is 2.77. The molecule has 0 aliphatic heterocycles. The van der Waals surface area contributed by atoms with Crippen molar-refractivity contribution in [3.05, 3.63) is 35.6 Å².